The third kappa shape index (κ3) is 4.85. The van der Waals surface area contributed by atoms with Gasteiger partial charge >= 0.3 is 0 Å². The van der Waals surface area contributed by atoms with E-state index in [1.807, 2.05) is 54.6 Å². The summed E-state index contributed by atoms with van der Waals surface area (Å²) >= 11 is 6.03. The van der Waals surface area contributed by atoms with E-state index in [1.165, 1.54) is 0 Å². The van der Waals surface area contributed by atoms with E-state index < -0.39 is 0 Å². The van der Waals surface area contributed by atoms with Crippen molar-refractivity contribution in [1.82, 2.24) is 5.32 Å². The van der Waals surface area contributed by atoms with Crippen LogP contribution in [0.3, 0.4) is 0 Å². The molecule has 3 rings (SSSR count). The monoisotopic (exact) mass is 351 g/mol. The minimum absolute atomic E-state index is 0.179. The van der Waals surface area contributed by atoms with Crippen LogP contribution in [0.2, 0.25) is 5.02 Å². The molecule has 0 radical (unpaired) electrons. The Bertz CT molecular complexity index is 832. The second kappa shape index (κ2) is 8.36. The number of halogens is 1. The van der Waals surface area contributed by atoms with Gasteiger partial charge < -0.3 is 10.1 Å². The molecule has 4 heteroatoms. The van der Waals surface area contributed by atoms with Crippen LogP contribution >= 0.6 is 11.6 Å². The minimum atomic E-state index is -0.179. The van der Waals surface area contributed by atoms with E-state index in [9.17, 15) is 4.79 Å². The van der Waals surface area contributed by atoms with Gasteiger partial charge in [-0.25, -0.2) is 0 Å². The van der Waals surface area contributed by atoms with E-state index in [0.717, 1.165) is 16.9 Å². The topological polar surface area (TPSA) is 38.3 Å². The summed E-state index contributed by atoms with van der Waals surface area (Å²) in [5, 5.41) is 3.33. The Hall–Kier alpha value is -2.78. The Labute approximate surface area is 152 Å². The first kappa shape index (κ1) is 17.1. The number of benzene rings is 3. The van der Waals surface area contributed by atoms with Crippen LogP contribution in [-0.2, 0) is 13.2 Å². The molecule has 0 aliphatic rings. The fraction of sp³-hybridized carbons (Fsp3) is 0.0952. The summed E-state index contributed by atoms with van der Waals surface area (Å²) in [5.41, 5.74) is 2.57. The fourth-order valence-corrected chi connectivity index (χ4v) is 2.58. The van der Waals surface area contributed by atoms with Gasteiger partial charge in [0.25, 0.3) is 5.91 Å². The van der Waals surface area contributed by atoms with Crippen LogP contribution in [0.25, 0.3) is 0 Å². The number of carbonyl (C=O) groups is 1. The highest BCUT2D eigenvalue weighted by atomic mass is 35.5. The largest absolute Gasteiger partial charge is 0.489 e. The normalized spacial score (nSPS) is 10.3. The first-order chi connectivity index (χ1) is 12.2. The van der Waals surface area contributed by atoms with Gasteiger partial charge in [0.05, 0.1) is 10.6 Å². The molecule has 3 aromatic rings. The van der Waals surface area contributed by atoms with Crippen molar-refractivity contribution in [2.75, 3.05) is 0 Å². The van der Waals surface area contributed by atoms with Crippen LogP contribution in [0.4, 0.5) is 0 Å². The van der Waals surface area contributed by atoms with Gasteiger partial charge in [0.1, 0.15) is 12.4 Å². The standard InChI is InChI=1S/C21H18ClNO2/c22-20-9-5-4-8-19(20)21(24)23-14-16-10-12-17(13-11-16)15-25-18-6-2-1-3-7-18/h1-13H,14-15H2,(H,23,24). The Balaban J connectivity index is 1.52. The summed E-state index contributed by atoms with van der Waals surface area (Å²) in [6, 6.07) is 24.7. The highest BCUT2D eigenvalue weighted by Gasteiger charge is 2.08. The molecule has 0 aliphatic heterocycles. The average molecular weight is 352 g/mol. The molecule has 0 aromatic heterocycles. The molecule has 3 nitrogen and oxygen atoms in total. The predicted molar refractivity (Wildman–Crippen MR) is 99.8 cm³/mol. The Morgan fingerprint density at radius 1 is 0.840 bits per heavy atom. The second-order valence-electron chi connectivity index (χ2n) is 5.58. The molecule has 0 heterocycles. The molecule has 0 unspecified atom stereocenters. The smallest absolute Gasteiger partial charge is 0.253 e. The zero-order chi connectivity index (χ0) is 17.5. The zero-order valence-electron chi connectivity index (χ0n) is 13.6. The summed E-state index contributed by atoms with van der Waals surface area (Å²) in [7, 11) is 0. The van der Waals surface area contributed by atoms with Gasteiger partial charge in [-0.05, 0) is 35.4 Å². The molecule has 0 saturated heterocycles. The van der Waals surface area contributed by atoms with Gasteiger partial charge in [-0.15, -0.1) is 0 Å². The van der Waals surface area contributed by atoms with Gasteiger partial charge in [0.2, 0.25) is 0 Å². The van der Waals surface area contributed by atoms with Crippen LogP contribution in [0, 0.1) is 0 Å². The van der Waals surface area contributed by atoms with Crippen molar-refractivity contribution in [3.05, 3.63) is 101 Å². The van der Waals surface area contributed by atoms with Gasteiger partial charge in [-0.2, -0.15) is 0 Å². The number of amides is 1. The molecule has 3 aromatic carbocycles. The van der Waals surface area contributed by atoms with Crippen LogP contribution in [0.1, 0.15) is 21.5 Å². The maximum atomic E-state index is 12.1. The Kier molecular flexibility index (Phi) is 5.70. The zero-order valence-corrected chi connectivity index (χ0v) is 14.4. The first-order valence-corrected chi connectivity index (χ1v) is 8.38. The molecular weight excluding hydrogens is 334 g/mol. The number of hydrogen-bond acceptors (Lipinski definition) is 2. The minimum Gasteiger partial charge on any atom is -0.489 e. The highest BCUT2D eigenvalue weighted by molar-refractivity contribution is 6.33. The van der Waals surface area contributed by atoms with Crippen molar-refractivity contribution in [3.8, 4) is 5.75 Å². The summed E-state index contributed by atoms with van der Waals surface area (Å²) in [6.07, 6.45) is 0. The number of hydrogen-bond donors (Lipinski definition) is 1. The fourth-order valence-electron chi connectivity index (χ4n) is 2.36. The lowest BCUT2D eigenvalue weighted by molar-refractivity contribution is 0.0951. The first-order valence-electron chi connectivity index (χ1n) is 8.01. The maximum Gasteiger partial charge on any atom is 0.253 e. The van der Waals surface area contributed by atoms with Crippen LogP contribution in [0.15, 0.2) is 78.9 Å². The SMILES string of the molecule is O=C(NCc1ccc(COc2ccccc2)cc1)c1ccccc1Cl. The summed E-state index contributed by atoms with van der Waals surface area (Å²) in [6.45, 7) is 0.958. The highest BCUT2D eigenvalue weighted by Crippen LogP contribution is 2.15. The van der Waals surface area contributed by atoms with Gasteiger partial charge in [-0.3, -0.25) is 4.79 Å². The van der Waals surface area contributed by atoms with Crippen LogP contribution in [-0.4, -0.2) is 5.91 Å². The molecule has 0 fully saturated rings. The molecule has 0 saturated carbocycles. The van der Waals surface area contributed by atoms with E-state index in [-0.39, 0.29) is 5.91 Å². The third-order valence-corrected chi connectivity index (χ3v) is 4.07. The average Bonchev–Trinajstić information content (AvgIpc) is 2.66. The molecular formula is C21H18ClNO2. The molecule has 0 aliphatic carbocycles. The lowest BCUT2D eigenvalue weighted by atomic mass is 10.1. The summed E-state index contributed by atoms with van der Waals surface area (Å²) in [4.78, 5) is 12.1. The maximum absolute atomic E-state index is 12.1. The quantitative estimate of drug-likeness (QED) is 0.689. The van der Waals surface area contributed by atoms with Crippen LogP contribution in [0.5, 0.6) is 5.75 Å². The summed E-state index contributed by atoms with van der Waals surface area (Å²) in [5.74, 6) is 0.667. The molecule has 0 spiro atoms. The lowest BCUT2D eigenvalue weighted by Crippen LogP contribution is -2.23. The van der Waals surface area contributed by atoms with Crippen molar-refractivity contribution in [3.63, 3.8) is 0 Å². The van der Waals surface area contributed by atoms with Gasteiger partial charge in [0.15, 0.2) is 0 Å². The van der Waals surface area contributed by atoms with Gasteiger partial charge in [-0.1, -0.05) is 66.2 Å². The van der Waals surface area contributed by atoms with E-state index >= 15 is 0 Å². The molecule has 1 amide bonds. The van der Waals surface area contributed by atoms with Crippen molar-refractivity contribution in [2.24, 2.45) is 0 Å². The molecule has 0 bridgehead atoms. The lowest BCUT2D eigenvalue weighted by Gasteiger charge is -2.09. The van der Waals surface area contributed by atoms with Gasteiger partial charge in [0, 0.05) is 6.54 Å². The summed E-state index contributed by atoms with van der Waals surface area (Å²) < 4.78 is 5.72. The third-order valence-electron chi connectivity index (χ3n) is 3.74. The molecule has 0 atom stereocenters. The predicted octanol–water partition coefficient (Wildman–Crippen LogP) is 4.85. The Morgan fingerprint density at radius 2 is 1.48 bits per heavy atom. The van der Waals surface area contributed by atoms with E-state index in [1.54, 1.807) is 24.3 Å². The van der Waals surface area contributed by atoms with Crippen molar-refractivity contribution in [1.29, 1.82) is 0 Å². The number of ether oxygens (including phenoxy) is 1. The number of rotatable bonds is 6. The molecule has 126 valence electrons. The Morgan fingerprint density at radius 3 is 2.20 bits per heavy atom. The molecule has 25 heavy (non-hydrogen) atoms. The van der Waals surface area contributed by atoms with E-state index in [0.29, 0.717) is 23.7 Å². The number of carbonyl (C=O) groups excluding carboxylic acids is 1. The number of nitrogens with one attached hydrogen (secondary N) is 1. The van der Waals surface area contributed by atoms with Crippen molar-refractivity contribution in [2.45, 2.75) is 13.2 Å². The van der Waals surface area contributed by atoms with Crippen molar-refractivity contribution < 1.29 is 9.53 Å². The van der Waals surface area contributed by atoms with E-state index in [2.05, 4.69) is 5.32 Å². The molecule has 1 N–H and O–H groups in total. The van der Waals surface area contributed by atoms with Crippen LogP contribution < -0.4 is 10.1 Å². The van der Waals surface area contributed by atoms with Crippen molar-refractivity contribution >= 4 is 17.5 Å². The van der Waals surface area contributed by atoms with E-state index in [4.69, 9.17) is 16.3 Å². The number of para-hydroxylation sites is 1. The second-order valence-corrected chi connectivity index (χ2v) is 5.99.